The molecular weight excluding hydrogens is 304 g/mol. The minimum Gasteiger partial charge on any atom is -0.474 e. The molecule has 0 aromatic carbocycles. The lowest BCUT2D eigenvalue weighted by Gasteiger charge is -2.38. The van der Waals surface area contributed by atoms with Crippen molar-refractivity contribution in [2.45, 2.75) is 72.3 Å². The van der Waals surface area contributed by atoms with Crippen molar-refractivity contribution in [2.24, 2.45) is 5.92 Å². The van der Waals surface area contributed by atoms with Gasteiger partial charge in [0, 0.05) is 30.6 Å². The molecule has 3 nitrogen and oxygen atoms in total. The number of nitrogens with zero attached hydrogens (tertiary/aromatic N) is 2. The molecule has 2 unspecified atom stereocenters. The molecule has 0 aliphatic carbocycles. The van der Waals surface area contributed by atoms with Crippen molar-refractivity contribution in [3.05, 3.63) is 29.0 Å². The van der Waals surface area contributed by atoms with Crippen molar-refractivity contribution in [1.29, 1.82) is 0 Å². The van der Waals surface area contributed by atoms with Gasteiger partial charge in [-0.2, -0.15) is 0 Å². The van der Waals surface area contributed by atoms with Gasteiger partial charge in [0.1, 0.15) is 5.60 Å². The first-order chi connectivity index (χ1) is 10.8. The Bertz CT molecular complexity index is 450. The lowest BCUT2D eigenvalue weighted by Crippen LogP contribution is -2.39. The van der Waals surface area contributed by atoms with Gasteiger partial charge >= 0.3 is 0 Å². The highest BCUT2D eigenvalue weighted by Gasteiger charge is 2.28. The molecule has 2 heterocycles. The third-order valence-corrected chi connectivity index (χ3v) is 4.76. The monoisotopic (exact) mass is 338 g/mol. The summed E-state index contributed by atoms with van der Waals surface area (Å²) in [7, 11) is 0. The van der Waals surface area contributed by atoms with Gasteiger partial charge in [0.15, 0.2) is 5.88 Å². The third kappa shape index (κ3) is 6.94. The highest BCUT2D eigenvalue weighted by atomic mass is 32.1. The summed E-state index contributed by atoms with van der Waals surface area (Å²) >= 11 is 1.76. The molecule has 23 heavy (non-hydrogen) atoms. The van der Waals surface area contributed by atoms with Gasteiger partial charge in [-0.05, 0) is 46.1 Å². The van der Waals surface area contributed by atoms with Crippen LogP contribution in [0.15, 0.2) is 24.0 Å². The van der Waals surface area contributed by atoms with Crippen LogP contribution >= 0.6 is 11.3 Å². The Labute approximate surface area is 146 Å². The van der Waals surface area contributed by atoms with Gasteiger partial charge in [0.2, 0.25) is 0 Å². The molecule has 1 fully saturated rings. The van der Waals surface area contributed by atoms with Crippen molar-refractivity contribution < 1.29 is 4.74 Å². The lowest BCUT2D eigenvalue weighted by atomic mass is 9.87. The second-order valence-electron chi connectivity index (χ2n) is 7.32. The lowest BCUT2D eigenvalue weighted by molar-refractivity contribution is -0.00906. The fourth-order valence-corrected chi connectivity index (χ4v) is 3.51. The minimum atomic E-state index is -0.176. The molecular formula is C19H34N2OS. The average molecular weight is 339 g/mol. The van der Waals surface area contributed by atoms with E-state index in [0.29, 0.717) is 11.8 Å². The summed E-state index contributed by atoms with van der Waals surface area (Å²) in [6.07, 6.45) is 5.62. The van der Waals surface area contributed by atoms with Crippen LogP contribution in [0.25, 0.3) is 0 Å². The molecule has 1 aromatic heterocycles. The van der Waals surface area contributed by atoms with Crippen LogP contribution < -0.4 is 0 Å². The van der Waals surface area contributed by atoms with E-state index in [1.165, 1.54) is 24.3 Å². The number of aromatic nitrogens is 1. The van der Waals surface area contributed by atoms with Gasteiger partial charge in [-0.15, -0.1) is 11.3 Å². The Morgan fingerprint density at radius 1 is 1.48 bits per heavy atom. The number of hydrogen-bond acceptors (Lipinski definition) is 4. The highest BCUT2D eigenvalue weighted by molar-refractivity contribution is 7.09. The Morgan fingerprint density at radius 2 is 2.13 bits per heavy atom. The third-order valence-electron chi connectivity index (χ3n) is 3.78. The zero-order chi connectivity index (χ0) is 17.5. The second-order valence-corrected chi connectivity index (χ2v) is 8.25. The molecule has 132 valence electrons. The molecule has 0 bridgehead atoms. The predicted molar refractivity (Wildman–Crippen MR) is 101 cm³/mol. The Morgan fingerprint density at radius 3 is 2.65 bits per heavy atom. The van der Waals surface area contributed by atoms with Crippen LogP contribution in [-0.2, 0) is 4.74 Å². The van der Waals surface area contributed by atoms with Crippen LogP contribution in [0.2, 0.25) is 0 Å². The maximum absolute atomic E-state index is 5.91. The molecule has 4 heteroatoms. The van der Waals surface area contributed by atoms with E-state index in [1.54, 1.807) is 11.3 Å². The summed E-state index contributed by atoms with van der Waals surface area (Å²) < 4.78 is 5.91. The van der Waals surface area contributed by atoms with E-state index in [-0.39, 0.29) is 5.60 Å². The van der Waals surface area contributed by atoms with Crippen molar-refractivity contribution >= 4 is 11.3 Å². The fourth-order valence-electron chi connectivity index (χ4n) is 2.72. The molecule has 2 atom stereocenters. The molecule has 2 rings (SSSR count). The van der Waals surface area contributed by atoms with Gasteiger partial charge in [0.05, 0.1) is 5.01 Å². The van der Waals surface area contributed by atoms with Crippen molar-refractivity contribution in [2.75, 3.05) is 13.1 Å². The Balaban J connectivity index is 0.000000816. The molecule has 1 saturated heterocycles. The number of piperidine rings is 1. The summed E-state index contributed by atoms with van der Waals surface area (Å²) in [6.45, 7) is 18.9. The van der Waals surface area contributed by atoms with Gasteiger partial charge in [-0.1, -0.05) is 27.2 Å². The van der Waals surface area contributed by atoms with Crippen molar-refractivity contribution in [1.82, 2.24) is 9.88 Å². The molecule has 1 aliphatic rings. The van der Waals surface area contributed by atoms with Crippen LogP contribution in [0, 0.1) is 5.92 Å². The zero-order valence-electron chi connectivity index (χ0n) is 15.8. The summed E-state index contributed by atoms with van der Waals surface area (Å²) in [4.78, 5) is 6.76. The molecule has 1 aliphatic heterocycles. The predicted octanol–water partition coefficient (Wildman–Crippen LogP) is 5.66. The van der Waals surface area contributed by atoms with E-state index in [4.69, 9.17) is 4.74 Å². The SMILES string of the molecule is C=C(OC(C)(C)C)N1CCCC(C(C)c2nccs2)C1.CCC. The number of thiazole rings is 1. The van der Waals surface area contributed by atoms with E-state index in [1.807, 2.05) is 6.20 Å². The molecule has 0 saturated carbocycles. The standard InChI is InChI=1S/C16H26N2OS.C3H8/c1-12(15-17-8-10-20-15)14-7-6-9-18(11-14)13(2)19-16(3,4)5;1-3-2/h8,10,12,14H,2,6-7,9,11H2,1,3-5H3;3H2,1-2H3. The van der Waals surface area contributed by atoms with Crippen LogP contribution in [0.5, 0.6) is 0 Å². The van der Waals surface area contributed by atoms with Crippen LogP contribution in [-0.4, -0.2) is 28.6 Å². The molecule has 0 radical (unpaired) electrons. The van der Waals surface area contributed by atoms with Crippen LogP contribution in [0.4, 0.5) is 0 Å². The minimum absolute atomic E-state index is 0.176. The van der Waals surface area contributed by atoms with E-state index in [9.17, 15) is 0 Å². The van der Waals surface area contributed by atoms with Crippen LogP contribution in [0.1, 0.15) is 71.7 Å². The van der Waals surface area contributed by atoms with Crippen LogP contribution in [0.3, 0.4) is 0 Å². The average Bonchev–Trinajstić information content (AvgIpc) is 3.00. The summed E-state index contributed by atoms with van der Waals surface area (Å²) in [5, 5.41) is 3.31. The second kappa shape index (κ2) is 9.31. The first kappa shape index (κ1) is 20.0. The smallest absolute Gasteiger partial charge is 0.182 e. The zero-order valence-corrected chi connectivity index (χ0v) is 16.6. The Kier molecular flexibility index (Phi) is 8.10. The topological polar surface area (TPSA) is 25.4 Å². The largest absolute Gasteiger partial charge is 0.474 e. The van der Waals surface area contributed by atoms with E-state index < -0.39 is 0 Å². The van der Waals surface area contributed by atoms with E-state index >= 15 is 0 Å². The van der Waals surface area contributed by atoms with Crippen molar-refractivity contribution in [3.63, 3.8) is 0 Å². The molecule has 0 spiro atoms. The first-order valence-electron chi connectivity index (χ1n) is 8.80. The number of hydrogen-bond donors (Lipinski definition) is 0. The van der Waals surface area contributed by atoms with E-state index in [2.05, 4.69) is 63.4 Å². The molecule has 0 amide bonds. The summed E-state index contributed by atoms with van der Waals surface area (Å²) in [5.74, 6) is 1.96. The Hall–Kier alpha value is -1.03. The quantitative estimate of drug-likeness (QED) is 0.662. The molecule has 1 aromatic rings. The number of ether oxygens (including phenoxy) is 1. The van der Waals surface area contributed by atoms with Gasteiger partial charge in [0.25, 0.3) is 0 Å². The first-order valence-corrected chi connectivity index (χ1v) is 9.68. The maximum Gasteiger partial charge on any atom is 0.182 e. The maximum atomic E-state index is 5.91. The van der Waals surface area contributed by atoms with E-state index in [0.717, 1.165) is 19.0 Å². The summed E-state index contributed by atoms with van der Waals surface area (Å²) in [5.41, 5.74) is -0.176. The normalized spacial score (nSPS) is 19.6. The highest BCUT2D eigenvalue weighted by Crippen LogP contribution is 2.33. The summed E-state index contributed by atoms with van der Waals surface area (Å²) in [6, 6.07) is 0. The van der Waals surface area contributed by atoms with Gasteiger partial charge in [-0.25, -0.2) is 4.98 Å². The fraction of sp³-hybridized carbons (Fsp3) is 0.737. The van der Waals surface area contributed by atoms with Gasteiger partial charge < -0.3 is 9.64 Å². The van der Waals surface area contributed by atoms with Crippen molar-refractivity contribution in [3.8, 4) is 0 Å². The molecule has 0 N–H and O–H groups in total. The van der Waals surface area contributed by atoms with Gasteiger partial charge in [-0.3, -0.25) is 0 Å². The number of rotatable bonds is 4. The number of likely N-dealkylation sites (tertiary alicyclic amines) is 1.